The maximum Gasteiger partial charge on any atom is 0.221 e. The van der Waals surface area contributed by atoms with Gasteiger partial charge in [0.25, 0.3) is 0 Å². The van der Waals surface area contributed by atoms with E-state index in [9.17, 15) is 4.79 Å². The highest BCUT2D eigenvalue weighted by Crippen LogP contribution is 2.37. The lowest BCUT2D eigenvalue weighted by molar-refractivity contribution is -0.121. The highest BCUT2D eigenvalue weighted by molar-refractivity contribution is 6.30. The van der Waals surface area contributed by atoms with Gasteiger partial charge in [0.2, 0.25) is 5.91 Å². The first-order valence-corrected chi connectivity index (χ1v) is 7.70. The summed E-state index contributed by atoms with van der Waals surface area (Å²) in [4.78, 5) is 11.5. The molecule has 0 spiro atoms. The van der Waals surface area contributed by atoms with Crippen molar-refractivity contribution >= 4 is 17.5 Å². The molecule has 0 unspecified atom stereocenters. The van der Waals surface area contributed by atoms with Crippen molar-refractivity contribution in [1.82, 2.24) is 10.6 Å². The number of amides is 1. The second-order valence-corrected chi connectivity index (χ2v) is 6.28. The van der Waals surface area contributed by atoms with Crippen LogP contribution in [0.5, 0.6) is 0 Å². The van der Waals surface area contributed by atoms with Gasteiger partial charge in [0, 0.05) is 30.1 Å². The molecule has 0 aromatic heterocycles. The van der Waals surface area contributed by atoms with Crippen LogP contribution in [0.3, 0.4) is 0 Å². The molecule has 0 atom stereocenters. The summed E-state index contributed by atoms with van der Waals surface area (Å²) in [6.07, 6.45) is 2.81. The second-order valence-electron chi connectivity index (χ2n) is 5.85. The van der Waals surface area contributed by atoms with E-state index in [1.807, 2.05) is 26.0 Å². The van der Waals surface area contributed by atoms with Crippen molar-refractivity contribution < 1.29 is 4.79 Å². The fourth-order valence-corrected chi connectivity index (χ4v) is 2.80. The van der Waals surface area contributed by atoms with Gasteiger partial charge in [0.05, 0.1) is 0 Å². The van der Waals surface area contributed by atoms with Crippen LogP contribution < -0.4 is 10.6 Å². The maximum absolute atomic E-state index is 11.5. The summed E-state index contributed by atoms with van der Waals surface area (Å²) in [6.45, 7) is 4.71. The number of hydrogen-bond acceptors (Lipinski definition) is 2. The van der Waals surface area contributed by atoms with Crippen LogP contribution in [-0.2, 0) is 4.79 Å². The number of hydrogen-bond donors (Lipinski definition) is 2. The molecule has 0 bridgehead atoms. The Morgan fingerprint density at radius 2 is 2.15 bits per heavy atom. The zero-order valence-corrected chi connectivity index (χ0v) is 12.9. The van der Waals surface area contributed by atoms with E-state index >= 15 is 0 Å². The Labute approximate surface area is 126 Å². The van der Waals surface area contributed by atoms with Gasteiger partial charge in [0.1, 0.15) is 0 Å². The average molecular weight is 295 g/mol. The first kappa shape index (κ1) is 15.3. The minimum absolute atomic E-state index is 0.123. The third-order valence-corrected chi connectivity index (χ3v) is 3.93. The van der Waals surface area contributed by atoms with E-state index in [-0.39, 0.29) is 11.9 Å². The molecule has 1 fully saturated rings. The fraction of sp³-hybridized carbons (Fsp3) is 0.562. The van der Waals surface area contributed by atoms with E-state index in [1.54, 1.807) is 0 Å². The summed E-state index contributed by atoms with van der Waals surface area (Å²) in [5.74, 6) is 0.730. The van der Waals surface area contributed by atoms with Crippen molar-refractivity contribution in [2.75, 3.05) is 6.54 Å². The largest absolute Gasteiger partial charge is 0.354 e. The van der Waals surface area contributed by atoms with Gasteiger partial charge in [-0.2, -0.15) is 0 Å². The van der Waals surface area contributed by atoms with Crippen LogP contribution in [0, 0.1) is 0 Å². The number of carbonyl (C=O) groups excluding carboxylic acids is 1. The fourth-order valence-electron chi connectivity index (χ4n) is 2.60. The SMILES string of the molecule is CC(C)NC(=O)CCNC1CC(c2cccc(Cl)c2)C1. The molecule has 1 saturated carbocycles. The van der Waals surface area contributed by atoms with Crippen molar-refractivity contribution in [3.8, 4) is 0 Å². The second kappa shape index (κ2) is 7.09. The zero-order valence-electron chi connectivity index (χ0n) is 12.2. The van der Waals surface area contributed by atoms with Crippen molar-refractivity contribution in [3.05, 3.63) is 34.9 Å². The molecule has 0 heterocycles. The lowest BCUT2D eigenvalue weighted by Crippen LogP contribution is -2.42. The monoisotopic (exact) mass is 294 g/mol. The Morgan fingerprint density at radius 1 is 1.40 bits per heavy atom. The number of benzene rings is 1. The standard InChI is InChI=1S/C16H23ClN2O/c1-11(2)19-16(20)6-7-18-15-9-13(10-15)12-4-3-5-14(17)8-12/h3-5,8,11,13,15,18H,6-7,9-10H2,1-2H3,(H,19,20). The zero-order chi connectivity index (χ0) is 14.5. The molecule has 0 aliphatic heterocycles. The summed E-state index contributed by atoms with van der Waals surface area (Å²) in [5.41, 5.74) is 1.33. The van der Waals surface area contributed by atoms with Gasteiger partial charge in [-0.15, -0.1) is 0 Å². The van der Waals surface area contributed by atoms with Crippen LogP contribution in [-0.4, -0.2) is 24.5 Å². The summed E-state index contributed by atoms with van der Waals surface area (Å²) in [7, 11) is 0. The summed E-state index contributed by atoms with van der Waals surface area (Å²) in [6, 6.07) is 8.87. The quantitative estimate of drug-likeness (QED) is 0.846. The van der Waals surface area contributed by atoms with Gasteiger partial charge in [-0.05, 0) is 50.3 Å². The Bertz CT molecular complexity index is 456. The smallest absolute Gasteiger partial charge is 0.221 e. The van der Waals surface area contributed by atoms with E-state index in [0.29, 0.717) is 18.4 Å². The molecule has 1 aromatic carbocycles. The summed E-state index contributed by atoms with van der Waals surface area (Å²) in [5, 5.41) is 7.15. The predicted octanol–water partition coefficient (Wildman–Crippen LogP) is 3.09. The van der Waals surface area contributed by atoms with Crippen molar-refractivity contribution in [2.45, 2.75) is 51.1 Å². The van der Waals surface area contributed by atoms with Crippen LogP contribution in [0.15, 0.2) is 24.3 Å². The van der Waals surface area contributed by atoms with Crippen LogP contribution in [0.1, 0.15) is 44.6 Å². The molecule has 1 aliphatic carbocycles. The van der Waals surface area contributed by atoms with Crippen molar-refractivity contribution in [2.24, 2.45) is 0 Å². The number of nitrogens with one attached hydrogen (secondary N) is 2. The highest BCUT2D eigenvalue weighted by atomic mass is 35.5. The molecule has 20 heavy (non-hydrogen) atoms. The molecule has 1 aromatic rings. The van der Waals surface area contributed by atoms with E-state index in [4.69, 9.17) is 11.6 Å². The number of rotatable bonds is 6. The van der Waals surface area contributed by atoms with Crippen molar-refractivity contribution in [3.63, 3.8) is 0 Å². The predicted molar refractivity (Wildman–Crippen MR) is 83.1 cm³/mol. The molecule has 0 radical (unpaired) electrons. The van der Waals surface area contributed by atoms with E-state index in [0.717, 1.165) is 24.4 Å². The third kappa shape index (κ3) is 4.50. The van der Waals surface area contributed by atoms with E-state index in [1.165, 1.54) is 5.56 Å². The van der Waals surface area contributed by atoms with E-state index in [2.05, 4.69) is 22.8 Å². The third-order valence-electron chi connectivity index (χ3n) is 3.69. The molecular weight excluding hydrogens is 272 g/mol. The highest BCUT2D eigenvalue weighted by Gasteiger charge is 2.29. The molecule has 1 aliphatic rings. The van der Waals surface area contributed by atoms with Crippen LogP contribution in [0.4, 0.5) is 0 Å². The van der Waals surface area contributed by atoms with Gasteiger partial charge in [-0.1, -0.05) is 23.7 Å². The first-order valence-electron chi connectivity index (χ1n) is 7.33. The number of carbonyl (C=O) groups is 1. The topological polar surface area (TPSA) is 41.1 Å². The van der Waals surface area contributed by atoms with Gasteiger partial charge >= 0.3 is 0 Å². The molecular formula is C16H23ClN2O. The number of halogens is 1. The maximum atomic E-state index is 11.5. The van der Waals surface area contributed by atoms with Gasteiger partial charge in [-0.3, -0.25) is 4.79 Å². The minimum Gasteiger partial charge on any atom is -0.354 e. The van der Waals surface area contributed by atoms with Crippen LogP contribution >= 0.6 is 11.6 Å². The van der Waals surface area contributed by atoms with Crippen molar-refractivity contribution in [1.29, 1.82) is 0 Å². The average Bonchev–Trinajstić information content (AvgIpc) is 2.31. The normalized spacial score (nSPS) is 21.6. The Balaban J connectivity index is 1.64. The van der Waals surface area contributed by atoms with Gasteiger partial charge in [-0.25, -0.2) is 0 Å². The van der Waals surface area contributed by atoms with Crippen LogP contribution in [0.25, 0.3) is 0 Å². The molecule has 0 saturated heterocycles. The first-order chi connectivity index (χ1) is 9.54. The molecule has 110 valence electrons. The molecule has 1 amide bonds. The summed E-state index contributed by atoms with van der Waals surface area (Å²) >= 11 is 6.01. The Kier molecular flexibility index (Phi) is 5.44. The lowest BCUT2D eigenvalue weighted by Gasteiger charge is -2.36. The van der Waals surface area contributed by atoms with Gasteiger partial charge < -0.3 is 10.6 Å². The summed E-state index contributed by atoms with van der Waals surface area (Å²) < 4.78 is 0. The van der Waals surface area contributed by atoms with Gasteiger partial charge in [0.15, 0.2) is 0 Å². The van der Waals surface area contributed by atoms with Crippen LogP contribution in [0.2, 0.25) is 5.02 Å². The molecule has 3 nitrogen and oxygen atoms in total. The molecule has 2 N–H and O–H groups in total. The Morgan fingerprint density at radius 3 is 2.80 bits per heavy atom. The molecule has 2 rings (SSSR count). The van der Waals surface area contributed by atoms with E-state index < -0.39 is 0 Å². The minimum atomic E-state index is 0.123. The Hall–Kier alpha value is -1.06. The molecule has 4 heteroatoms. The lowest BCUT2D eigenvalue weighted by atomic mass is 9.76.